The molecule has 1 heterocycles. The van der Waals surface area contributed by atoms with Gasteiger partial charge in [0.2, 0.25) is 0 Å². The van der Waals surface area contributed by atoms with Crippen molar-refractivity contribution in [3.8, 4) is 0 Å². The smallest absolute Gasteiger partial charge is 0.269 e. The summed E-state index contributed by atoms with van der Waals surface area (Å²) in [5, 5.41) is 0. The van der Waals surface area contributed by atoms with Gasteiger partial charge in [-0.25, -0.2) is 0 Å². The number of hydrogen-bond acceptors (Lipinski definition) is 2. The highest BCUT2D eigenvalue weighted by molar-refractivity contribution is 7.83. The van der Waals surface area contributed by atoms with E-state index in [9.17, 15) is 8.42 Å². The number of allylic oxidation sites excluding steroid dienone is 4. The van der Waals surface area contributed by atoms with Crippen molar-refractivity contribution in [1.29, 1.82) is 0 Å². The summed E-state index contributed by atoms with van der Waals surface area (Å²) in [5.41, 5.74) is 0.737. The fraction of sp³-hybridized carbons (Fsp3) is 0.556. The average molecular weight is 252 g/mol. The highest BCUT2D eigenvalue weighted by Gasteiger charge is 2.31. The van der Waals surface area contributed by atoms with Gasteiger partial charge < -0.3 is 0 Å². The second-order valence-corrected chi connectivity index (χ2v) is 4.98. The molecule has 6 heteroatoms. The predicted molar refractivity (Wildman–Crippen MR) is 60.1 cm³/mol. The lowest BCUT2D eigenvalue weighted by Gasteiger charge is -2.35. The Bertz CT molecular complexity index is 388. The van der Waals surface area contributed by atoms with E-state index in [0.717, 1.165) is 29.3 Å². The van der Waals surface area contributed by atoms with E-state index in [0.29, 0.717) is 6.54 Å². The normalized spacial score (nSPS) is 25.3. The van der Waals surface area contributed by atoms with Crippen LogP contribution in [0.15, 0.2) is 23.9 Å². The zero-order chi connectivity index (χ0) is 10.2. The average Bonchev–Trinajstić information content (AvgIpc) is 2.15. The minimum Gasteiger partial charge on any atom is -0.269 e. The lowest BCUT2D eigenvalue weighted by Crippen LogP contribution is -2.38. The molecule has 2 aliphatic rings. The maximum Gasteiger partial charge on any atom is 0.359 e. The third-order valence-electron chi connectivity index (χ3n) is 2.72. The van der Waals surface area contributed by atoms with Gasteiger partial charge in [-0.1, -0.05) is 12.2 Å². The fourth-order valence-electron chi connectivity index (χ4n) is 2.08. The molecule has 0 aromatic carbocycles. The van der Waals surface area contributed by atoms with Crippen molar-refractivity contribution < 1.29 is 13.0 Å². The van der Waals surface area contributed by atoms with Crippen LogP contribution in [0.1, 0.15) is 19.3 Å². The SMILES string of the molecule is Cl.O=S(=O)(O)N1CCCC2CC=CC=C21. The molecule has 1 N–H and O–H groups in total. The first kappa shape index (κ1) is 12.5. The Balaban J connectivity index is 0.00000112. The van der Waals surface area contributed by atoms with Crippen molar-refractivity contribution in [2.75, 3.05) is 6.54 Å². The molecule has 1 atom stereocenters. The van der Waals surface area contributed by atoms with E-state index in [4.69, 9.17) is 4.55 Å². The molecule has 86 valence electrons. The number of piperidine rings is 1. The van der Waals surface area contributed by atoms with E-state index >= 15 is 0 Å². The van der Waals surface area contributed by atoms with Gasteiger partial charge >= 0.3 is 10.3 Å². The molecule has 15 heavy (non-hydrogen) atoms. The lowest BCUT2D eigenvalue weighted by molar-refractivity contribution is 0.305. The summed E-state index contributed by atoms with van der Waals surface area (Å²) in [6.07, 6.45) is 8.34. The quantitative estimate of drug-likeness (QED) is 0.723. The highest BCUT2D eigenvalue weighted by atomic mass is 35.5. The van der Waals surface area contributed by atoms with Crippen LogP contribution in [0.25, 0.3) is 0 Å². The van der Waals surface area contributed by atoms with Crippen LogP contribution >= 0.6 is 12.4 Å². The summed E-state index contributed by atoms with van der Waals surface area (Å²) >= 11 is 0. The number of hydrogen-bond donors (Lipinski definition) is 1. The van der Waals surface area contributed by atoms with Gasteiger partial charge in [0.15, 0.2) is 0 Å². The molecule has 2 rings (SSSR count). The lowest BCUT2D eigenvalue weighted by atomic mass is 9.89. The van der Waals surface area contributed by atoms with Gasteiger partial charge in [-0.15, -0.1) is 12.4 Å². The minimum absolute atomic E-state index is 0. The summed E-state index contributed by atoms with van der Waals surface area (Å²) in [4.78, 5) is 0. The maximum absolute atomic E-state index is 11.1. The van der Waals surface area contributed by atoms with Gasteiger partial charge in [0.05, 0.1) is 0 Å². The molecule has 0 radical (unpaired) electrons. The third-order valence-corrected chi connectivity index (χ3v) is 3.67. The van der Waals surface area contributed by atoms with Crippen molar-refractivity contribution >= 4 is 22.7 Å². The Morgan fingerprint density at radius 2 is 2.20 bits per heavy atom. The molecule has 0 bridgehead atoms. The summed E-state index contributed by atoms with van der Waals surface area (Å²) in [7, 11) is -4.07. The summed E-state index contributed by atoms with van der Waals surface area (Å²) in [5.74, 6) is 0.260. The Kier molecular flexibility index (Phi) is 3.81. The summed E-state index contributed by atoms with van der Waals surface area (Å²) in [6.45, 7) is 0.398. The molecule has 0 aromatic heterocycles. The number of rotatable bonds is 1. The van der Waals surface area contributed by atoms with Crippen LogP contribution in [0.3, 0.4) is 0 Å². The number of nitrogens with zero attached hydrogens (tertiary/aromatic N) is 1. The molecule has 0 amide bonds. The second kappa shape index (κ2) is 4.55. The van der Waals surface area contributed by atoms with Gasteiger partial charge in [-0.2, -0.15) is 8.42 Å². The van der Waals surface area contributed by atoms with Crippen LogP contribution in [-0.4, -0.2) is 23.8 Å². The molecule has 1 aliphatic carbocycles. The van der Waals surface area contributed by atoms with Crippen LogP contribution in [0.4, 0.5) is 0 Å². The summed E-state index contributed by atoms with van der Waals surface area (Å²) < 4.78 is 32.2. The first-order valence-electron chi connectivity index (χ1n) is 4.71. The zero-order valence-electron chi connectivity index (χ0n) is 8.17. The Hall–Kier alpha value is -0.520. The third kappa shape index (κ3) is 2.53. The molecule has 0 saturated carbocycles. The standard InChI is InChI=1S/C9H13NO3S.ClH/c11-14(12,13)10-7-3-5-8-4-1-2-6-9(8)10;/h1-2,6,8H,3-5,7H2,(H,11,12,13);1H. The van der Waals surface area contributed by atoms with Gasteiger partial charge in [-0.05, 0) is 25.3 Å². The van der Waals surface area contributed by atoms with Crippen LogP contribution in [-0.2, 0) is 10.3 Å². The highest BCUT2D eigenvalue weighted by Crippen LogP contribution is 2.33. The van der Waals surface area contributed by atoms with Crippen LogP contribution in [0, 0.1) is 5.92 Å². The molecule has 4 nitrogen and oxygen atoms in total. The first-order chi connectivity index (χ1) is 6.59. The van der Waals surface area contributed by atoms with Gasteiger partial charge in [0.1, 0.15) is 0 Å². The van der Waals surface area contributed by atoms with Crippen LogP contribution in [0.5, 0.6) is 0 Å². The Labute approximate surface area is 95.9 Å². The van der Waals surface area contributed by atoms with E-state index in [1.54, 1.807) is 6.08 Å². The molecule has 1 fully saturated rings. The van der Waals surface area contributed by atoms with Crippen molar-refractivity contribution in [2.45, 2.75) is 19.3 Å². The van der Waals surface area contributed by atoms with Crippen molar-refractivity contribution in [2.24, 2.45) is 5.92 Å². The Morgan fingerprint density at radius 1 is 1.47 bits per heavy atom. The van der Waals surface area contributed by atoms with Gasteiger partial charge in [0.25, 0.3) is 0 Å². The number of fused-ring (bicyclic) bond motifs is 1. The first-order valence-corrected chi connectivity index (χ1v) is 6.10. The molecule has 1 unspecified atom stereocenters. The maximum atomic E-state index is 11.1. The molecule has 1 aliphatic heterocycles. The Morgan fingerprint density at radius 3 is 2.87 bits per heavy atom. The van der Waals surface area contributed by atoms with Crippen LogP contribution in [0.2, 0.25) is 0 Å². The van der Waals surface area contributed by atoms with Crippen molar-refractivity contribution in [1.82, 2.24) is 4.31 Å². The fourth-order valence-corrected chi connectivity index (χ4v) is 2.91. The van der Waals surface area contributed by atoms with Crippen LogP contribution < -0.4 is 0 Å². The molecule has 0 aromatic rings. The summed E-state index contributed by atoms with van der Waals surface area (Å²) in [6, 6.07) is 0. The molecule has 1 saturated heterocycles. The van der Waals surface area contributed by atoms with Gasteiger partial charge in [-0.3, -0.25) is 8.86 Å². The predicted octanol–water partition coefficient (Wildman–Crippen LogP) is 1.77. The largest absolute Gasteiger partial charge is 0.359 e. The monoisotopic (exact) mass is 251 g/mol. The molecular formula is C9H14ClNO3S. The van der Waals surface area contributed by atoms with E-state index in [1.807, 2.05) is 12.2 Å². The van der Waals surface area contributed by atoms with Crippen molar-refractivity contribution in [3.05, 3.63) is 23.9 Å². The van der Waals surface area contributed by atoms with Gasteiger partial charge in [0, 0.05) is 18.2 Å². The van der Waals surface area contributed by atoms with E-state index in [1.165, 1.54) is 0 Å². The topological polar surface area (TPSA) is 57.6 Å². The second-order valence-electron chi connectivity index (χ2n) is 3.64. The van der Waals surface area contributed by atoms with E-state index < -0.39 is 10.3 Å². The van der Waals surface area contributed by atoms with E-state index in [-0.39, 0.29) is 18.3 Å². The zero-order valence-corrected chi connectivity index (χ0v) is 9.80. The minimum atomic E-state index is -4.07. The molecular weight excluding hydrogens is 238 g/mol. The molecule has 0 spiro atoms. The van der Waals surface area contributed by atoms with E-state index in [2.05, 4.69) is 0 Å². The van der Waals surface area contributed by atoms with Crippen molar-refractivity contribution in [3.63, 3.8) is 0 Å². The number of halogens is 1.